The van der Waals surface area contributed by atoms with Gasteiger partial charge in [-0.2, -0.15) is 0 Å². The molecule has 1 heterocycles. The Morgan fingerprint density at radius 3 is 3.06 bits per heavy atom. The molecule has 0 saturated heterocycles. The fourth-order valence-corrected chi connectivity index (χ4v) is 4.39. The summed E-state index contributed by atoms with van der Waals surface area (Å²) >= 11 is 5.53. The molecule has 2 rings (SSSR count). The van der Waals surface area contributed by atoms with Gasteiger partial charge in [0.05, 0.1) is 3.79 Å². The minimum Gasteiger partial charge on any atom is -0.309 e. The van der Waals surface area contributed by atoms with E-state index >= 15 is 0 Å². The predicted molar refractivity (Wildman–Crippen MR) is 83.5 cm³/mol. The number of hydrogen-bond donors (Lipinski definition) is 1. The van der Waals surface area contributed by atoms with Gasteiger partial charge >= 0.3 is 0 Å². The van der Waals surface area contributed by atoms with Crippen LogP contribution in [0.15, 0.2) is 9.85 Å². The first-order valence-electron chi connectivity index (χ1n) is 6.75. The monoisotopic (exact) mass is 330 g/mol. The van der Waals surface area contributed by atoms with Crippen molar-refractivity contribution in [3.63, 3.8) is 0 Å². The molecule has 1 aromatic heterocycles. The quantitative estimate of drug-likeness (QED) is 0.882. The van der Waals surface area contributed by atoms with Crippen molar-refractivity contribution in [2.75, 3.05) is 20.6 Å². The van der Waals surface area contributed by atoms with Crippen LogP contribution in [0.1, 0.15) is 42.7 Å². The first kappa shape index (κ1) is 14.5. The number of thiophene rings is 1. The number of rotatable bonds is 5. The highest BCUT2D eigenvalue weighted by Crippen LogP contribution is 2.38. The Balaban J connectivity index is 1.94. The Morgan fingerprint density at radius 2 is 2.33 bits per heavy atom. The molecule has 1 aliphatic carbocycles. The van der Waals surface area contributed by atoms with Crippen LogP contribution in [0.3, 0.4) is 0 Å². The van der Waals surface area contributed by atoms with Crippen LogP contribution in [0.4, 0.5) is 0 Å². The number of hydrogen-bond acceptors (Lipinski definition) is 3. The third kappa shape index (κ3) is 3.80. The van der Waals surface area contributed by atoms with Gasteiger partial charge in [-0.25, -0.2) is 0 Å². The SMILES string of the molecule is CC(CCN(C)C)NC1CCCc2sc(Br)cc21. The molecule has 102 valence electrons. The minimum atomic E-state index is 0.563. The first-order valence-corrected chi connectivity index (χ1v) is 8.36. The highest BCUT2D eigenvalue weighted by molar-refractivity contribution is 9.11. The number of halogens is 1. The summed E-state index contributed by atoms with van der Waals surface area (Å²) in [5.41, 5.74) is 1.54. The molecule has 1 aromatic rings. The highest BCUT2D eigenvalue weighted by Gasteiger charge is 2.23. The lowest BCUT2D eigenvalue weighted by atomic mass is 9.93. The Morgan fingerprint density at radius 1 is 1.56 bits per heavy atom. The molecule has 0 aliphatic heterocycles. The van der Waals surface area contributed by atoms with E-state index in [9.17, 15) is 0 Å². The third-order valence-electron chi connectivity index (χ3n) is 3.58. The van der Waals surface area contributed by atoms with Crippen molar-refractivity contribution in [1.29, 1.82) is 0 Å². The molecule has 2 atom stereocenters. The van der Waals surface area contributed by atoms with Crippen LogP contribution in [0.25, 0.3) is 0 Å². The Hall–Kier alpha value is 0.100. The van der Waals surface area contributed by atoms with Crippen LogP contribution in [-0.2, 0) is 6.42 Å². The van der Waals surface area contributed by atoms with Crippen molar-refractivity contribution in [1.82, 2.24) is 10.2 Å². The molecule has 4 heteroatoms. The fraction of sp³-hybridized carbons (Fsp3) is 0.714. The van der Waals surface area contributed by atoms with Crippen LogP contribution in [0.5, 0.6) is 0 Å². The van der Waals surface area contributed by atoms with E-state index in [-0.39, 0.29) is 0 Å². The molecular weight excluding hydrogens is 308 g/mol. The lowest BCUT2D eigenvalue weighted by Crippen LogP contribution is -2.34. The van der Waals surface area contributed by atoms with Crippen molar-refractivity contribution >= 4 is 27.3 Å². The summed E-state index contributed by atoms with van der Waals surface area (Å²) < 4.78 is 1.28. The third-order valence-corrected chi connectivity index (χ3v) is 5.29. The van der Waals surface area contributed by atoms with Crippen molar-refractivity contribution < 1.29 is 0 Å². The van der Waals surface area contributed by atoms with E-state index in [4.69, 9.17) is 0 Å². The molecule has 0 fully saturated rings. The lowest BCUT2D eigenvalue weighted by molar-refractivity contribution is 0.339. The van der Waals surface area contributed by atoms with E-state index in [1.807, 2.05) is 11.3 Å². The van der Waals surface area contributed by atoms with E-state index in [0.717, 1.165) is 6.54 Å². The molecule has 0 saturated carbocycles. The van der Waals surface area contributed by atoms with Crippen LogP contribution < -0.4 is 5.32 Å². The van der Waals surface area contributed by atoms with Gasteiger partial charge in [-0.05, 0) is 80.8 Å². The van der Waals surface area contributed by atoms with Gasteiger partial charge in [0.15, 0.2) is 0 Å². The zero-order chi connectivity index (χ0) is 13.1. The predicted octanol–water partition coefficient (Wildman–Crippen LogP) is 3.82. The summed E-state index contributed by atoms with van der Waals surface area (Å²) in [5, 5.41) is 3.80. The van der Waals surface area contributed by atoms with E-state index < -0.39 is 0 Å². The lowest BCUT2D eigenvalue weighted by Gasteiger charge is -2.27. The van der Waals surface area contributed by atoms with Crippen molar-refractivity contribution in [3.8, 4) is 0 Å². The summed E-state index contributed by atoms with van der Waals surface area (Å²) in [6.45, 7) is 3.46. The molecule has 0 aromatic carbocycles. The normalized spacial score (nSPS) is 21.1. The maximum Gasteiger partial charge on any atom is 0.0704 e. The first-order chi connectivity index (χ1) is 8.56. The summed E-state index contributed by atoms with van der Waals surface area (Å²) in [4.78, 5) is 3.83. The maximum atomic E-state index is 3.80. The second kappa shape index (κ2) is 6.51. The van der Waals surface area contributed by atoms with Gasteiger partial charge in [-0.3, -0.25) is 0 Å². The Labute approximate surface area is 123 Å². The van der Waals surface area contributed by atoms with Gasteiger partial charge in [0.1, 0.15) is 0 Å². The Bertz CT molecular complexity index is 389. The number of nitrogens with zero attached hydrogens (tertiary/aromatic N) is 1. The van der Waals surface area contributed by atoms with Gasteiger partial charge in [-0.1, -0.05) is 0 Å². The van der Waals surface area contributed by atoms with E-state index in [2.05, 4.69) is 53.2 Å². The number of fused-ring (bicyclic) bond motifs is 1. The van der Waals surface area contributed by atoms with Crippen LogP contribution in [0, 0.1) is 0 Å². The second-order valence-corrected chi connectivity index (χ2v) is 8.05. The van der Waals surface area contributed by atoms with Gasteiger partial charge in [0.25, 0.3) is 0 Å². The van der Waals surface area contributed by atoms with Crippen LogP contribution in [0.2, 0.25) is 0 Å². The zero-order valence-corrected chi connectivity index (χ0v) is 13.9. The summed E-state index contributed by atoms with van der Waals surface area (Å²) in [5.74, 6) is 0. The van der Waals surface area contributed by atoms with Gasteiger partial charge in [-0.15, -0.1) is 11.3 Å². The molecule has 1 N–H and O–H groups in total. The molecule has 2 nitrogen and oxygen atoms in total. The molecule has 2 unspecified atom stereocenters. The fourth-order valence-electron chi connectivity index (χ4n) is 2.57. The largest absolute Gasteiger partial charge is 0.309 e. The van der Waals surface area contributed by atoms with E-state index in [1.165, 1.54) is 35.0 Å². The summed E-state index contributed by atoms with van der Waals surface area (Å²) in [6.07, 6.45) is 5.07. The summed E-state index contributed by atoms with van der Waals surface area (Å²) in [6, 6.07) is 3.46. The summed E-state index contributed by atoms with van der Waals surface area (Å²) in [7, 11) is 4.28. The van der Waals surface area contributed by atoms with Gasteiger partial charge < -0.3 is 10.2 Å². The molecule has 1 aliphatic rings. The molecule has 0 radical (unpaired) electrons. The smallest absolute Gasteiger partial charge is 0.0704 e. The number of nitrogens with one attached hydrogen (secondary N) is 1. The van der Waals surface area contributed by atoms with Gasteiger partial charge in [0.2, 0.25) is 0 Å². The number of aryl methyl sites for hydroxylation is 1. The standard InChI is InChI=1S/C14H23BrN2S/c1-10(7-8-17(2)3)16-12-5-4-6-13-11(12)9-14(15)18-13/h9-10,12,16H,4-8H2,1-3H3. The molecule has 0 amide bonds. The topological polar surface area (TPSA) is 15.3 Å². The molecular formula is C14H23BrN2S. The molecule has 0 spiro atoms. The van der Waals surface area contributed by atoms with Crippen molar-refractivity contribution in [2.45, 2.75) is 44.7 Å². The van der Waals surface area contributed by atoms with Crippen LogP contribution >= 0.6 is 27.3 Å². The van der Waals surface area contributed by atoms with E-state index in [1.54, 1.807) is 4.88 Å². The minimum absolute atomic E-state index is 0.563. The molecule has 18 heavy (non-hydrogen) atoms. The highest BCUT2D eigenvalue weighted by atomic mass is 79.9. The molecule has 0 bridgehead atoms. The Kier molecular flexibility index (Phi) is 5.24. The van der Waals surface area contributed by atoms with Crippen molar-refractivity contribution in [2.24, 2.45) is 0 Å². The zero-order valence-electron chi connectivity index (χ0n) is 11.5. The second-order valence-electron chi connectivity index (χ2n) is 5.53. The van der Waals surface area contributed by atoms with Crippen molar-refractivity contribution in [3.05, 3.63) is 20.3 Å². The average Bonchev–Trinajstić information content (AvgIpc) is 2.68. The van der Waals surface area contributed by atoms with E-state index in [0.29, 0.717) is 12.1 Å². The average molecular weight is 331 g/mol. The van der Waals surface area contributed by atoms with Gasteiger partial charge in [0, 0.05) is 17.0 Å². The van der Waals surface area contributed by atoms with Crippen LogP contribution in [-0.4, -0.2) is 31.6 Å². The maximum absolute atomic E-state index is 3.80.